The van der Waals surface area contributed by atoms with Crippen LogP contribution in [0.25, 0.3) is 0 Å². The first-order valence-electron chi connectivity index (χ1n) is 12.9. The minimum absolute atomic E-state index is 0.0909. The lowest BCUT2D eigenvalue weighted by Gasteiger charge is -2.26. The summed E-state index contributed by atoms with van der Waals surface area (Å²) in [5.41, 5.74) is 1.87. The van der Waals surface area contributed by atoms with Crippen LogP contribution < -0.4 is 15.4 Å². The van der Waals surface area contributed by atoms with Crippen molar-refractivity contribution in [3.05, 3.63) is 86.1 Å². The van der Waals surface area contributed by atoms with Crippen LogP contribution in [-0.2, 0) is 21.1 Å². The van der Waals surface area contributed by atoms with Crippen molar-refractivity contribution in [1.82, 2.24) is 10.2 Å². The summed E-state index contributed by atoms with van der Waals surface area (Å²) in [6.07, 6.45) is -0.284. The number of aryl methyl sites for hydroxylation is 1. The number of hydrogen-bond donors (Lipinski definition) is 2. The van der Waals surface area contributed by atoms with E-state index in [9.17, 15) is 18.0 Å². The molecule has 0 saturated carbocycles. The Labute approximate surface area is 256 Å². The van der Waals surface area contributed by atoms with E-state index in [2.05, 4.69) is 26.6 Å². The van der Waals surface area contributed by atoms with E-state index in [1.807, 2.05) is 11.0 Å². The molecule has 2 N–H and O–H groups in total. The quantitative estimate of drug-likeness (QED) is 0.331. The number of halogens is 3. The van der Waals surface area contributed by atoms with Crippen molar-refractivity contribution in [3.8, 4) is 17.6 Å². The number of nitrogens with one attached hydrogen (secondary N) is 2. The van der Waals surface area contributed by atoms with E-state index in [4.69, 9.17) is 21.6 Å². The van der Waals surface area contributed by atoms with E-state index in [0.29, 0.717) is 47.5 Å². The van der Waals surface area contributed by atoms with Gasteiger partial charge in [-0.05, 0) is 70.9 Å². The summed E-state index contributed by atoms with van der Waals surface area (Å²) in [5.74, 6) is -1.22. The van der Waals surface area contributed by atoms with Crippen LogP contribution in [-0.4, -0.2) is 62.8 Å². The van der Waals surface area contributed by atoms with Gasteiger partial charge in [-0.1, -0.05) is 17.7 Å². The molecule has 220 valence electrons. The summed E-state index contributed by atoms with van der Waals surface area (Å²) in [6, 6.07) is 14.1. The molecule has 1 aliphatic heterocycles. The van der Waals surface area contributed by atoms with Gasteiger partial charge in [-0.3, -0.25) is 14.5 Å². The molecule has 0 radical (unpaired) electrons. The zero-order chi connectivity index (χ0) is 30.4. The van der Waals surface area contributed by atoms with Gasteiger partial charge < -0.3 is 15.4 Å². The van der Waals surface area contributed by atoms with Crippen LogP contribution >= 0.6 is 27.5 Å². The molecule has 0 atom stereocenters. The highest BCUT2D eigenvalue weighted by molar-refractivity contribution is 9.10. The van der Waals surface area contributed by atoms with Gasteiger partial charge in [0.25, 0.3) is 5.91 Å². The maximum absolute atomic E-state index is 15.4. The summed E-state index contributed by atoms with van der Waals surface area (Å²) in [4.78, 5) is 27.4. The fraction of sp³-hybridized carbons (Fsp3) is 0.276. The van der Waals surface area contributed by atoms with Crippen LogP contribution in [0.15, 0.2) is 53.0 Å². The molecule has 1 heterocycles. The summed E-state index contributed by atoms with van der Waals surface area (Å²) in [6.45, 7) is 3.57. The Morgan fingerprint density at radius 2 is 1.88 bits per heavy atom. The Morgan fingerprint density at radius 1 is 1.14 bits per heavy atom. The van der Waals surface area contributed by atoms with Crippen LogP contribution in [0.3, 0.4) is 0 Å². The van der Waals surface area contributed by atoms with Gasteiger partial charge in [-0.25, -0.2) is 12.8 Å². The second-order valence-electron chi connectivity index (χ2n) is 9.74. The molecular formula is C29H27BrClFN4O5S. The molecule has 1 aliphatic rings. The first-order valence-corrected chi connectivity index (χ1v) is 15.9. The standard InChI is InChI=1S/C29H27BrClFN4O5S/c1-18-12-21(29(38)34-6-7-36-8-10-42(39,40)11-9-36)3-5-25(18)35-26(37)15-20-2-4-24(30)28(27(20)32)41-23-14-19(17-33)13-22(31)16-23/h2-5,12-14,16H,6-11,15H2,1H3,(H,34,38)(H,35,37). The number of hydrogen-bond acceptors (Lipinski definition) is 7. The van der Waals surface area contributed by atoms with Gasteiger partial charge in [0, 0.05) is 48.0 Å². The molecule has 4 rings (SSSR count). The van der Waals surface area contributed by atoms with E-state index in [1.165, 1.54) is 24.3 Å². The Balaban J connectivity index is 1.35. The predicted molar refractivity (Wildman–Crippen MR) is 161 cm³/mol. The third kappa shape index (κ3) is 8.29. The first kappa shape index (κ1) is 31.4. The van der Waals surface area contributed by atoms with Gasteiger partial charge in [-0.2, -0.15) is 5.26 Å². The van der Waals surface area contributed by atoms with E-state index < -0.39 is 21.6 Å². The lowest BCUT2D eigenvalue weighted by Crippen LogP contribution is -2.43. The second kappa shape index (κ2) is 13.6. The maximum Gasteiger partial charge on any atom is 0.251 e. The van der Waals surface area contributed by atoms with Gasteiger partial charge >= 0.3 is 0 Å². The summed E-state index contributed by atoms with van der Waals surface area (Å²) < 4.78 is 44.5. The first-order chi connectivity index (χ1) is 19.9. The third-order valence-corrected chi connectivity index (χ3v) is 9.07. The molecule has 2 amide bonds. The van der Waals surface area contributed by atoms with Crippen molar-refractivity contribution in [2.75, 3.05) is 43.0 Å². The van der Waals surface area contributed by atoms with E-state index in [0.717, 1.165) is 0 Å². The van der Waals surface area contributed by atoms with Crippen LogP contribution in [0.1, 0.15) is 27.0 Å². The molecule has 9 nitrogen and oxygen atoms in total. The minimum Gasteiger partial charge on any atom is -0.453 e. The monoisotopic (exact) mass is 676 g/mol. The van der Waals surface area contributed by atoms with Crippen molar-refractivity contribution in [1.29, 1.82) is 5.26 Å². The number of rotatable bonds is 9. The molecule has 3 aromatic rings. The number of amides is 2. The lowest BCUT2D eigenvalue weighted by molar-refractivity contribution is -0.115. The fourth-order valence-electron chi connectivity index (χ4n) is 4.32. The Hall–Kier alpha value is -3.50. The molecule has 0 aromatic heterocycles. The molecule has 3 aromatic carbocycles. The average Bonchev–Trinajstić information content (AvgIpc) is 2.94. The molecule has 13 heteroatoms. The molecule has 42 heavy (non-hydrogen) atoms. The van der Waals surface area contributed by atoms with Crippen molar-refractivity contribution >= 4 is 54.9 Å². The summed E-state index contributed by atoms with van der Waals surface area (Å²) in [5, 5.41) is 15.0. The lowest BCUT2D eigenvalue weighted by atomic mass is 10.1. The SMILES string of the molecule is Cc1cc(C(=O)NCCN2CCS(=O)(=O)CC2)ccc1NC(=O)Cc1ccc(Br)c(Oc2cc(Cl)cc(C#N)c2)c1F. The van der Waals surface area contributed by atoms with Gasteiger partial charge in [0.1, 0.15) is 5.75 Å². The molecular weight excluding hydrogens is 651 g/mol. The number of benzene rings is 3. The average molecular weight is 678 g/mol. The number of anilines is 1. The molecule has 0 unspecified atom stereocenters. The van der Waals surface area contributed by atoms with Crippen LogP contribution in [0.2, 0.25) is 5.02 Å². The molecule has 1 fully saturated rings. The Morgan fingerprint density at radius 3 is 2.57 bits per heavy atom. The highest BCUT2D eigenvalue weighted by Crippen LogP contribution is 2.35. The Bertz CT molecular complexity index is 1670. The normalized spacial score (nSPS) is 14.5. The van der Waals surface area contributed by atoms with Crippen LogP contribution in [0.5, 0.6) is 11.5 Å². The van der Waals surface area contributed by atoms with Crippen molar-refractivity contribution in [2.45, 2.75) is 13.3 Å². The molecule has 1 saturated heterocycles. The zero-order valence-electron chi connectivity index (χ0n) is 22.5. The Kier molecular flexibility index (Phi) is 10.2. The van der Waals surface area contributed by atoms with Gasteiger partial charge in [-0.15, -0.1) is 0 Å². The summed E-state index contributed by atoms with van der Waals surface area (Å²) in [7, 11) is -2.95. The second-order valence-corrected chi connectivity index (χ2v) is 13.3. The number of carbonyl (C=O) groups excluding carboxylic acids is 2. The predicted octanol–water partition coefficient (Wildman–Crippen LogP) is 4.86. The van der Waals surface area contributed by atoms with Gasteiger partial charge in [0.2, 0.25) is 5.91 Å². The topological polar surface area (TPSA) is 129 Å². The molecule has 0 aliphatic carbocycles. The van der Waals surface area contributed by atoms with Gasteiger partial charge in [0.15, 0.2) is 21.4 Å². The minimum atomic E-state index is -2.95. The van der Waals surface area contributed by atoms with Crippen molar-refractivity contribution in [3.63, 3.8) is 0 Å². The third-order valence-electron chi connectivity index (χ3n) is 6.61. The molecule has 0 bridgehead atoms. The number of ether oxygens (including phenoxy) is 1. The number of carbonyl (C=O) groups is 2. The van der Waals surface area contributed by atoms with Crippen molar-refractivity contribution < 1.29 is 27.1 Å². The fourth-order valence-corrected chi connectivity index (χ4v) is 6.21. The van der Waals surface area contributed by atoms with Crippen LogP contribution in [0.4, 0.5) is 10.1 Å². The number of sulfone groups is 1. The maximum atomic E-state index is 15.4. The van der Waals surface area contributed by atoms with Crippen LogP contribution in [0, 0.1) is 24.1 Å². The van der Waals surface area contributed by atoms with E-state index in [1.54, 1.807) is 31.2 Å². The highest BCUT2D eigenvalue weighted by Gasteiger charge is 2.21. The smallest absolute Gasteiger partial charge is 0.251 e. The zero-order valence-corrected chi connectivity index (χ0v) is 25.7. The number of nitrogens with zero attached hydrogens (tertiary/aromatic N) is 2. The van der Waals surface area contributed by atoms with E-state index in [-0.39, 0.29) is 51.5 Å². The largest absolute Gasteiger partial charge is 0.453 e. The molecule has 0 spiro atoms. The number of nitriles is 1. The van der Waals surface area contributed by atoms with Gasteiger partial charge in [0.05, 0.1) is 34.0 Å². The van der Waals surface area contributed by atoms with E-state index >= 15 is 4.39 Å². The summed E-state index contributed by atoms with van der Waals surface area (Å²) >= 11 is 9.28. The van der Waals surface area contributed by atoms with Crippen molar-refractivity contribution in [2.24, 2.45) is 0 Å². The highest BCUT2D eigenvalue weighted by atomic mass is 79.9.